The van der Waals surface area contributed by atoms with Gasteiger partial charge in [-0.3, -0.25) is 0 Å². The zero-order chi connectivity index (χ0) is 10.0. The van der Waals surface area contributed by atoms with Crippen LogP contribution in [-0.4, -0.2) is 21.3 Å². The van der Waals surface area contributed by atoms with E-state index in [0.29, 0.717) is 6.54 Å². The predicted octanol–water partition coefficient (Wildman–Crippen LogP) is 1.07. The first kappa shape index (κ1) is 9.65. The van der Waals surface area contributed by atoms with Crippen molar-refractivity contribution in [3.63, 3.8) is 0 Å². The average molecular weight is 194 g/mol. The standard InChI is InChI=1S/C10H18N4/c1-2-6-14-8-12-13-9(14)10(7-11)4-3-5-10/h8H,2-7,11H2,1H3. The van der Waals surface area contributed by atoms with Crippen LogP contribution in [0.2, 0.25) is 0 Å². The molecule has 2 N–H and O–H groups in total. The van der Waals surface area contributed by atoms with Crippen LogP contribution in [0.25, 0.3) is 0 Å². The molecule has 78 valence electrons. The zero-order valence-corrected chi connectivity index (χ0v) is 8.74. The topological polar surface area (TPSA) is 56.7 Å². The Balaban J connectivity index is 2.25. The maximum Gasteiger partial charge on any atom is 0.140 e. The van der Waals surface area contributed by atoms with E-state index >= 15 is 0 Å². The molecule has 14 heavy (non-hydrogen) atoms. The molecule has 0 aliphatic heterocycles. The molecule has 1 aliphatic rings. The van der Waals surface area contributed by atoms with Gasteiger partial charge in [-0.2, -0.15) is 0 Å². The lowest BCUT2D eigenvalue weighted by Crippen LogP contribution is -2.43. The highest BCUT2D eigenvalue weighted by Crippen LogP contribution is 2.41. The maximum absolute atomic E-state index is 5.84. The molecule has 0 aromatic carbocycles. The first-order chi connectivity index (χ1) is 6.82. The van der Waals surface area contributed by atoms with Gasteiger partial charge >= 0.3 is 0 Å². The molecule has 4 nitrogen and oxygen atoms in total. The molecule has 1 aliphatic carbocycles. The Morgan fingerprint density at radius 2 is 2.36 bits per heavy atom. The molecule has 1 fully saturated rings. The van der Waals surface area contributed by atoms with Gasteiger partial charge in [-0.15, -0.1) is 10.2 Å². The van der Waals surface area contributed by atoms with Crippen LogP contribution in [0.15, 0.2) is 6.33 Å². The van der Waals surface area contributed by atoms with Gasteiger partial charge < -0.3 is 10.3 Å². The number of hydrogen-bond acceptors (Lipinski definition) is 3. The van der Waals surface area contributed by atoms with Gasteiger partial charge in [0.15, 0.2) is 0 Å². The first-order valence-electron chi connectivity index (χ1n) is 5.41. The van der Waals surface area contributed by atoms with Crippen LogP contribution in [0.3, 0.4) is 0 Å². The van der Waals surface area contributed by atoms with E-state index in [-0.39, 0.29) is 5.41 Å². The van der Waals surface area contributed by atoms with Crippen LogP contribution in [-0.2, 0) is 12.0 Å². The number of hydrogen-bond donors (Lipinski definition) is 1. The predicted molar refractivity (Wildman–Crippen MR) is 54.9 cm³/mol. The van der Waals surface area contributed by atoms with E-state index in [4.69, 9.17) is 5.73 Å². The van der Waals surface area contributed by atoms with Gasteiger partial charge in [0, 0.05) is 18.5 Å². The number of aryl methyl sites for hydroxylation is 1. The lowest BCUT2D eigenvalue weighted by Gasteiger charge is -2.39. The summed E-state index contributed by atoms with van der Waals surface area (Å²) in [6.07, 6.45) is 6.56. The molecule has 0 saturated heterocycles. The van der Waals surface area contributed by atoms with Crippen LogP contribution in [0.4, 0.5) is 0 Å². The molecule has 0 atom stereocenters. The Hall–Kier alpha value is -0.900. The quantitative estimate of drug-likeness (QED) is 0.780. The minimum Gasteiger partial charge on any atom is -0.329 e. The Morgan fingerprint density at radius 3 is 2.86 bits per heavy atom. The summed E-state index contributed by atoms with van der Waals surface area (Å²) in [5.74, 6) is 1.10. The highest BCUT2D eigenvalue weighted by atomic mass is 15.3. The summed E-state index contributed by atoms with van der Waals surface area (Å²) < 4.78 is 2.16. The van der Waals surface area contributed by atoms with Crippen molar-refractivity contribution in [2.24, 2.45) is 5.73 Å². The second-order valence-electron chi connectivity index (χ2n) is 4.19. The van der Waals surface area contributed by atoms with Gasteiger partial charge in [-0.25, -0.2) is 0 Å². The molecule has 2 rings (SSSR count). The number of nitrogens with two attached hydrogens (primary N) is 1. The van der Waals surface area contributed by atoms with Crippen molar-refractivity contribution in [2.45, 2.75) is 44.6 Å². The van der Waals surface area contributed by atoms with Crippen molar-refractivity contribution in [1.29, 1.82) is 0 Å². The van der Waals surface area contributed by atoms with Crippen molar-refractivity contribution in [1.82, 2.24) is 14.8 Å². The summed E-state index contributed by atoms with van der Waals surface area (Å²) in [5.41, 5.74) is 5.99. The van der Waals surface area contributed by atoms with Gasteiger partial charge in [-0.1, -0.05) is 13.3 Å². The second kappa shape index (κ2) is 3.69. The van der Waals surface area contributed by atoms with E-state index in [1.807, 2.05) is 6.33 Å². The molecule has 1 heterocycles. The van der Waals surface area contributed by atoms with E-state index in [1.54, 1.807) is 0 Å². The van der Waals surface area contributed by atoms with Gasteiger partial charge in [0.2, 0.25) is 0 Å². The molecule has 1 aromatic rings. The van der Waals surface area contributed by atoms with Gasteiger partial charge in [0.25, 0.3) is 0 Å². The SMILES string of the molecule is CCCn1cnnc1C1(CN)CCC1. The van der Waals surface area contributed by atoms with Crippen LogP contribution in [0.1, 0.15) is 38.4 Å². The van der Waals surface area contributed by atoms with E-state index < -0.39 is 0 Å². The molecule has 0 amide bonds. The molecule has 0 radical (unpaired) electrons. The summed E-state index contributed by atoms with van der Waals surface area (Å²) in [6, 6.07) is 0. The Morgan fingerprint density at radius 1 is 1.57 bits per heavy atom. The fraction of sp³-hybridized carbons (Fsp3) is 0.800. The first-order valence-corrected chi connectivity index (χ1v) is 5.41. The van der Waals surface area contributed by atoms with Crippen LogP contribution in [0, 0.1) is 0 Å². The highest BCUT2D eigenvalue weighted by Gasteiger charge is 2.41. The van der Waals surface area contributed by atoms with Gasteiger partial charge in [0.1, 0.15) is 12.2 Å². The molecule has 0 spiro atoms. The Labute approximate surface area is 84.5 Å². The number of rotatable bonds is 4. The maximum atomic E-state index is 5.84. The van der Waals surface area contributed by atoms with Crippen molar-refractivity contribution >= 4 is 0 Å². The smallest absolute Gasteiger partial charge is 0.140 e. The van der Waals surface area contributed by atoms with E-state index in [9.17, 15) is 0 Å². The zero-order valence-electron chi connectivity index (χ0n) is 8.74. The summed E-state index contributed by atoms with van der Waals surface area (Å²) in [5, 5.41) is 8.23. The summed E-state index contributed by atoms with van der Waals surface area (Å²) in [7, 11) is 0. The fourth-order valence-electron chi connectivity index (χ4n) is 2.19. The lowest BCUT2D eigenvalue weighted by atomic mass is 9.68. The fourth-order valence-corrected chi connectivity index (χ4v) is 2.19. The van der Waals surface area contributed by atoms with Crippen molar-refractivity contribution in [2.75, 3.05) is 6.54 Å². The highest BCUT2D eigenvalue weighted by molar-refractivity contribution is 5.14. The molecule has 0 bridgehead atoms. The minimum absolute atomic E-state index is 0.145. The third-order valence-electron chi connectivity index (χ3n) is 3.26. The third kappa shape index (κ3) is 1.34. The summed E-state index contributed by atoms with van der Waals surface area (Å²) in [4.78, 5) is 0. The van der Waals surface area contributed by atoms with Gasteiger partial charge in [-0.05, 0) is 19.3 Å². The number of nitrogens with zero attached hydrogens (tertiary/aromatic N) is 3. The lowest BCUT2D eigenvalue weighted by molar-refractivity contribution is 0.229. The third-order valence-corrected chi connectivity index (χ3v) is 3.26. The van der Waals surface area contributed by atoms with Crippen molar-refractivity contribution in [3.8, 4) is 0 Å². The average Bonchev–Trinajstić information content (AvgIpc) is 2.54. The summed E-state index contributed by atoms with van der Waals surface area (Å²) in [6.45, 7) is 3.87. The summed E-state index contributed by atoms with van der Waals surface area (Å²) >= 11 is 0. The minimum atomic E-state index is 0.145. The van der Waals surface area contributed by atoms with E-state index in [1.165, 1.54) is 19.3 Å². The molecule has 1 saturated carbocycles. The van der Waals surface area contributed by atoms with Crippen molar-refractivity contribution in [3.05, 3.63) is 12.2 Å². The van der Waals surface area contributed by atoms with Crippen LogP contribution in [0.5, 0.6) is 0 Å². The molecular weight excluding hydrogens is 176 g/mol. The molecule has 1 aromatic heterocycles. The van der Waals surface area contributed by atoms with Crippen molar-refractivity contribution < 1.29 is 0 Å². The Kier molecular flexibility index (Phi) is 2.54. The van der Waals surface area contributed by atoms with E-state index in [2.05, 4.69) is 21.7 Å². The molecule has 0 unspecified atom stereocenters. The van der Waals surface area contributed by atoms with Crippen LogP contribution < -0.4 is 5.73 Å². The van der Waals surface area contributed by atoms with Gasteiger partial charge in [0.05, 0.1) is 0 Å². The monoisotopic (exact) mass is 194 g/mol. The van der Waals surface area contributed by atoms with Crippen LogP contribution >= 0.6 is 0 Å². The number of aromatic nitrogens is 3. The molecule has 4 heteroatoms. The second-order valence-corrected chi connectivity index (χ2v) is 4.19. The largest absolute Gasteiger partial charge is 0.329 e. The van der Waals surface area contributed by atoms with E-state index in [0.717, 1.165) is 18.8 Å². The normalized spacial score (nSPS) is 19.3. The Bertz CT molecular complexity index is 295. The molecular formula is C10H18N4.